The van der Waals surface area contributed by atoms with Crippen LogP contribution in [0.25, 0.3) is 0 Å². The first-order valence-corrected chi connectivity index (χ1v) is 10.0. The van der Waals surface area contributed by atoms with Crippen LogP contribution in [0.3, 0.4) is 0 Å². The number of hydrogen-bond acceptors (Lipinski definition) is 4. The zero-order valence-electron chi connectivity index (χ0n) is 14.8. The van der Waals surface area contributed by atoms with E-state index in [4.69, 9.17) is 11.6 Å². The van der Waals surface area contributed by atoms with Gasteiger partial charge in [0.15, 0.2) is 5.16 Å². The van der Waals surface area contributed by atoms with Crippen molar-refractivity contribution < 1.29 is 13.6 Å². The predicted molar refractivity (Wildman–Crippen MR) is 107 cm³/mol. The van der Waals surface area contributed by atoms with Gasteiger partial charge in [0.05, 0.1) is 5.56 Å². The molecule has 5 nitrogen and oxygen atoms in total. The molecule has 1 aliphatic rings. The summed E-state index contributed by atoms with van der Waals surface area (Å²) in [7, 11) is 0. The van der Waals surface area contributed by atoms with Gasteiger partial charge in [-0.2, -0.15) is 0 Å². The highest BCUT2D eigenvalue weighted by Gasteiger charge is 2.33. The number of H-pyrrole nitrogens is 1. The van der Waals surface area contributed by atoms with Gasteiger partial charge in [0.2, 0.25) is 5.91 Å². The Hall–Kier alpha value is -2.71. The maximum atomic E-state index is 14.4. The molecule has 1 atom stereocenters. The molecule has 2 N–H and O–H groups in total. The highest BCUT2D eigenvalue weighted by atomic mass is 35.5. The van der Waals surface area contributed by atoms with Crippen molar-refractivity contribution in [1.29, 1.82) is 0 Å². The van der Waals surface area contributed by atoms with E-state index >= 15 is 0 Å². The molecule has 1 amide bonds. The number of rotatable bonds is 4. The Bertz CT molecular complexity index is 1150. The fraction of sp³-hybridized carbons (Fsp3) is 0.150. The van der Waals surface area contributed by atoms with Gasteiger partial charge >= 0.3 is 0 Å². The molecule has 2 aromatic carbocycles. The molecule has 4 rings (SSSR count). The SMILES string of the molecule is O=C1CC(c2c(F)cccc2Cl)c2c(nc(SCc3ccccc3F)[nH]c2=O)N1. The van der Waals surface area contributed by atoms with E-state index in [9.17, 15) is 18.4 Å². The minimum Gasteiger partial charge on any atom is -0.310 e. The number of anilines is 1. The molecule has 3 aromatic rings. The Morgan fingerprint density at radius 2 is 1.83 bits per heavy atom. The number of fused-ring (bicyclic) bond motifs is 1. The first-order valence-electron chi connectivity index (χ1n) is 8.68. The summed E-state index contributed by atoms with van der Waals surface area (Å²) in [4.78, 5) is 31.9. The smallest absolute Gasteiger partial charge is 0.257 e. The van der Waals surface area contributed by atoms with Gasteiger partial charge in [0, 0.05) is 28.7 Å². The van der Waals surface area contributed by atoms with Crippen molar-refractivity contribution in [3.8, 4) is 0 Å². The summed E-state index contributed by atoms with van der Waals surface area (Å²) in [6.07, 6.45) is -0.125. The van der Waals surface area contributed by atoms with Gasteiger partial charge in [-0.05, 0) is 23.8 Å². The molecular formula is C20H14ClF2N3O2S. The number of benzene rings is 2. The third-order valence-corrected chi connectivity index (χ3v) is 5.85. The summed E-state index contributed by atoms with van der Waals surface area (Å²) >= 11 is 7.27. The molecule has 0 aliphatic carbocycles. The summed E-state index contributed by atoms with van der Waals surface area (Å²) in [5.74, 6) is -1.90. The lowest BCUT2D eigenvalue weighted by Crippen LogP contribution is -2.31. The van der Waals surface area contributed by atoms with Crippen molar-refractivity contribution in [1.82, 2.24) is 9.97 Å². The summed E-state index contributed by atoms with van der Waals surface area (Å²) in [6, 6.07) is 10.5. The Morgan fingerprint density at radius 3 is 2.59 bits per heavy atom. The summed E-state index contributed by atoms with van der Waals surface area (Å²) in [6.45, 7) is 0. The number of aromatic nitrogens is 2. The Kier molecular flexibility index (Phi) is 5.38. The van der Waals surface area contributed by atoms with Crippen molar-refractivity contribution in [2.45, 2.75) is 23.2 Å². The van der Waals surface area contributed by atoms with Crippen LogP contribution >= 0.6 is 23.4 Å². The fourth-order valence-corrected chi connectivity index (χ4v) is 4.41. The van der Waals surface area contributed by atoms with Crippen LogP contribution in [-0.4, -0.2) is 15.9 Å². The molecule has 1 aliphatic heterocycles. The molecule has 2 heterocycles. The maximum absolute atomic E-state index is 14.4. The molecule has 1 aromatic heterocycles. The first kappa shape index (κ1) is 19.6. The Balaban J connectivity index is 1.71. The first-order chi connectivity index (χ1) is 13.9. The van der Waals surface area contributed by atoms with Crippen LogP contribution in [0.15, 0.2) is 52.4 Å². The second-order valence-corrected chi connectivity index (χ2v) is 7.82. The third kappa shape index (κ3) is 3.90. The zero-order valence-corrected chi connectivity index (χ0v) is 16.4. The van der Waals surface area contributed by atoms with E-state index < -0.39 is 23.2 Å². The number of amides is 1. The van der Waals surface area contributed by atoms with E-state index in [2.05, 4.69) is 15.3 Å². The zero-order chi connectivity index (χ0) is 20.5. The van der Waals surface area contributed by atoms with Crippen molar-refractivity contribution in [3.63, 3.8) is 0 Å². The van der Waals surface area contributed by atoms with E-state index in [0.29, 0.717) is 5.56 Å². The number of carbonyl (C=O) groups is 1. The van der Waals surface area contributed by atoms with Gasteiger partial charge in [-0.3, -0.25) is 9.59 Å². The lowest BCUT2D eigenvalue weighted by Gasteiger charge is -2.25. The van der Waals surface area contributed by atoms with E-state index in [1.165, 1.54) is 24.3 Å². The number of carbonyl (C=O) groups excluding carboxylic acids is 1. The number of thioether (sulfide) groups is 1. The number of aromatic amines is 1. The topological polar surface area (TPSA) is 74.8 Å². The van der Waals surface area contributed by atoms with Gasteiger partial charge in [0.25, 0.3) is 5.56 Å². The van der Waals surface area contributed by atoms with Gasteiger partial charge in [-0.1, -0.05) is 47.6 Å². The van der Waals surface area contributed by atoms with Crippen molar-refractivity contribution in [2.75, 3.05) is 5.32 Å². The highest BCUT2D eigenvalue weighted by molar-refractivity contribution is 7.98. The average molecular weight is 434 g/mol. The molecule has 0 radical (unpaired) electrons. The van der Waals surface area contributed by atoms with Gasteiger partial charge in [-0.25, -0.2) is 13.8 Å². The lowest BCUT2D eigenvalue weighted by atomic mass is 9.86. The van der Waals surface area contributed by atoms with E-state index in [1.807, 2.05) is 0 Å². The molecular weight excluding hydrogens is 420 g/mol. The lowest BCUT2D eigenvalue weighted by molar-refractivity contribution is -0.116. The second kappa shape index (κ2) is 7.96. The van der Waals surface area contributed by atoms with Gasteiger partial charge in [0.1, 0.15) is 17.5 Å². The largest absolute Gasteiger partial charge is 0.310 e. The quantitative estimate of drug-likeness (QED) is 0.470. The number of nitrogens with zero attached hydrogens (tertiary/aromatic N) is 1. The maximum Gasteiger partial charge on any atom is 0.257 e. The van der Waals surface area contributed by atoms with Crippen molar-refractivity contribution >= 4 is 35.1 Å². The Labute approximate surface area is 173 Å². The summed E-state index contributed by atoms with van der Waals surface area (Å²) in [5.41, 5.74) is 0.185. The second-order valence-electron chi connectivity index (χ2n) is 6.45. The molecule has 0 saturated carbocycles. The normalized spacial score (nSPS) is 15.7. The Morgan fingerprint density at radius 1 is 1.07 bits per heavy atom. The van der Waals surface area contributed by atoms with Gasteiger partial charge in [-0.15, -0.1) is 0 Å². The fourth-order valence-electron chi connectivity index (χ4n) is 3.27. The molecule has 0 bridgehead atoms. The minimum absolute atomic E-state index is 0.0605. The van der Waals surface area contributed by atoms with E-state index in [0.717, 1.165) is 11.8 Å². The van der Waals surface area contributed by atoms with E-state index in [-0.39, 0.29) is 45.1 Å². The van der Waals surface area contributed by atoms with Crippen LogP contribution in [0.5, 0.6) is 0 Å². The molecule has 29 heavy (non-hydrogen) atoms. The van der Waals surface area contributed by atoms with Crippen LogP contribution in [0, 0.1) is 11.6 Å². The minimum atomic E-state index is -0.852. The van der Waals surface area contributed by atoms with Crippen LogP contribution in [0.4, 0.5) is 14.6 Å². The summed E-state index contributed by atoms with van der Waals surface area (Å²) in [5, 5.41) is 2.92. The molecule has 9 heteroatoms. The van der Waals surface area contributed by atoms with Gasteiger partial charge < -0.3 is 10.3 Å². The molecule has 1 unspecified atom stereocenters. The molecule has 0 saturated heterocycles. The average Bonchev–Trinajstić information content (AvgIpc) is 2.66. The molecule has 148 valence electrons. The monoisotopic (exact) mass is 433 g/mol. The predicted octanol–water partition coefficient (Wildman–Crippen LogP) is 4.47. The number of hydrogen-bond donors (Lipinski definition) is 2. The highest BCUT2D eigenvalue weighted by Crippen LogP contribution is 2.39. The van der Waals surface area contributed by atoms with Crippen LogP contribution in [0.2, 0.25) is 5.02 Å². The third-order valence-electron chi connectivity index (χ3n) is 4.60. The standard InChI is InChI=1S/C20H14ClF2N3O2S/c21-12-5-3-7-14(23)16(12)11-8-15(27)24-18-17(11)19(28)26-20(25-18)29-9-10-4-1-2-6-13(10)22/h1-7,11H,8-9H2,(H2,24,25,26,27,28). The number of halogens is 3. The molecule has 0 fully saturated rings. The van der Waals surface area contributed by atoms with Crippen LogP contribution in [0.1, 0.15) is 29.0 Å². The van der Waals surface area contributed by atoms with E-state index in [1.54, 1.807) is 18.2 Å². The van der Waals surface area contributed by atoms with Crippen LogP contribution in [-0.2, 0) is 10.5 Å². The van der Waals surface area contributed by atoms with Crippen LogP contribution < -0.4 is 10.9 Å². The van der Waals surface area contributed by atoms with Crippen molar-refractivity contribution in [2.24, 2.45) is 0 Å². The van der Waals surface area contributed by atoms with Crippen molar-refractivity contribution in [3.05, 3.63) is 86.2 Å². The summed E-state index contributed by atoms with van der Waals surface area (Å²) < 4.78 is 28.2. The molecule has 0 spiro atoms. The number of nitrogens with one attached hydrogen (secondary N) is 2.